The zero-order valence-electron chi connectivity index (χ0n) is 15.4. The van der Waals surface area contributed by atoms with E-state index in [1.165, 1.54) is 32.4 Å². The Morgan fingerprint density at radius 1 is 1.14 bits per heavy atom. The van der Waals surface area contributed by atoms with Crippen molar-refractivity contribution in [3.63, 3.8) is 0 Å². The van der Waals surface area contributed by atoms with Crippen molar-refractivity contribution >= 4 is 46.3 Å². The van der Waals surface area contributed by atoms with Crippen molar-refractivity contribution in [1.29, 1.82) is 0 Å². The van der Waals surface area contributed by atoms with Crippen molar-refractivity contribution in [3.8, 4) is 11.5 Å². The van der Waals surface area contributed by atoms with Gasteiger partial charge in [-0.1, -0.05) is 23.7 Å². The Balaban J connectivity index is 1.93. The van der Waals surface area contributed by atoms with Crippen LogP contribution in [0.5, 0.6) is 11.5 Å². The first-order valence-corrected chi connectivity index (χ1v) is 9.43. The second kappa shape index (κ2) is 8.54. The largest absolute Gasteiger partial charge is 0.496 e. The summed E-state index contributed by atoms with van der Waals surface area (Å²) in [5.74, 6) is -0.188. The summed E-state index contributed by atoms with van der Waals surface area (Å²) >= 11 is 6.61. The fourth-order valence-electron chi connectivity index (χ4n) is 2.71. The van der Waals surface area contributed by atoms with Gasteiger partial charge in [-0.3, -0.25) is 24.6 Å². The van der Waals surface area contributed by atoms with Gasteiger partial charge in [0.05, 0.1) is 30.6 Å². The number of halogens is 1. The molecule has 1 heterocycles. The average molecular weight is 435 g/mol. The number of nitro benzene ring substituents is 1. The van der Waals surface area contributed by atoms with Gasteiger partial charge in [0.1, 0.15) is 5.75 Å². The topological polar surface area (TPSA) is 99.0 Å². The number of amides is 2. The van der Waals surface area contributed by atoms with Gasteiger partial charge < -0.3 is 9.47 Å². The fourth-order valence-corrected chi connectivity index (χ4v) is 3.67. The first-order valence-electron chi connectivity index (χ1n) is 8.24. The maximum absolute atomic E-state index is 12.7. The molecule has 0 radical (unpaired) electrons. The van der Waals surface area contributed by atoms with Gasteiger partial charge in [0, 0.05) is 22.7 Å². The number of hydrogen-bond acceptors (Lipinski definition) is 7. The second-order valence-corrected chi connectivity index (χ2v) is 7.35. The number of hydrogen-bond donors (Lipinski definition) is 0. The van der Waals surface area contributed by atoms with E-state index in [9.17, 15) is 19.7 Å². The Hall–Kier alpha value is -3.04. The summed E-state index contributed by atoms with van der Waals surface area (Å²) in [6.45, 7) is 0.0963. The molecule has 0 saturated carbocycles. The lowest BCUT2D eigenvalue weighted by atomic mass is 10.1. The van der Waals surface area contributed by atoms with Gasteiger partial charge in [0.15, 0.2) is 0 Å². The number of nitrogens with zero attached hydrogens (tertiary/aromatic N) is 2. The molecule has 0 unspecified atom stereocenters. The van der Waals surface area contributed by atoms with Crippen LogP contribution in [0.2, 0.25) is 5.02 Å². The van der Waals surface area contributed by atoms with Crippen LogP contribution in [0, 0.1) is 10.1 Å². The van der Waals surface area contributed by atoms with Crippen LogP contribution in [0.15, 0.2) is 41.3 Å². The molecular formula is C19H15ClN2O6S. The number of methoxy groups -OCH3 is 2. The standard InChI is InChI=1S/C19H15ClN2O6S/c1-27-15-9-16(28-2)14(22(25)26)7-12(15)8-17-18(23)21(19(24)29-17)10-11-3-5-13(20)6-4-11/h3-9H,10H2,1-2H3/b17-8+. The number of carbonyl (C=O) groups excluding carboxylic acids is 2. The van der Waals surface area contributed by atoms with Crippen LogP contribution in [-0.4, -0.2) is 35.2 Å². The third-order valence-corrected chi connectivity index (χ3v) is 5.30. The molecule has 2 aromatic carbocycles. The minimum atomic E-state index is -0.595. The molecule has 1 fully saturated rings. The molecule has 0 N–H and O–H groups in total. The quantitative estimate of drug-likeness (QED) is 0.375. The van der Waals surface area contributed by atoms with Crippen molar-refractivity contribution in [2.45, 2.75) is 6.54 Å². The minimum absolute atomic E-state index is 0.0276. The highest BCUT2D eigenvalue weighted by Crippen LogP contribution is 2.39. The highest BCUT2D eigenvalue weighted by Gasteiger charge is 2.35. The van der Waals surface area contributed by atoms with Gasteiger partial charge in [-0.15, -0.1) is 0 Å². The van der Waals surface area contributed by atoms with E-state index in [0.717, 1.165) is 22.2 Å². The highest BCUT2D eigenvalue weighted by molar-refractivity contribution is 8.18. The van der Waals surface area contributed by atoms with Gasteiger partial charge in [0.2, 0.25) is 5.75 Å². The summed E-state index contributed by atoms with van der Waals surface area (Å²) in [6.07, 6.45) is 1.40. The zero-order valence-corrected chi connectivity index (χ0v) is 17.0. The molecule has 1 aliphatic heterocycles. The Morgan fingerprint density at radius 3 is 2.38 bits per heavy atom. The van der Waals surface area contributed by atoms with Crippen LogP contribution < -0.4 is 9.47 Å². The molecule has 2 aromatic rings. The van der Waals surface area contributed by atoms with E-state index in [-0.39, 0.29) is 34.2 Å². The summed E-state index contributed by atoms with van der Waals surface area (Å²) in [4.78, 5) is 37.0. The fraction of sp³-hybridized carbons (Fsp3) is 0.158. The average Bonchev–Trinajstić information content (AvgIpc) is 2.96. The summed E-state index contributed by atoms with van der Waals surface area (Å²) in [5.41, 5.74) is 0.757. The maximum Gasteiger partial charge on any atom is 0.311 e. The van der Waals surface area contributed by atoms with Crippen LogP contribution in [0.1, 0.15) is 11.1 Å². The maximum atomic E-state index is 12.7. The molecule has 1 aliphatic rings. The summed E-state index contributed by atoms with van der Waals surface area (Å²) < 4.78 is 10.3. The molecular weight excluding hydrogens is 420 g/mol. The van der Waals surface area contributed by atoms with Crippen molar-refractivity contribution in [2.75, 3.05) is 14.2 Å². The molecule has 0 atom stereocenters. The third kappa shape index (κ3) is 4.36. The van der Waals surface area contributed by atoms with Gasteiger partial charge in [0.25, 0.3) is 11.1 Å². The predicted molar refractivity (Wildman–Crippen MR) is 109 cm³/mol. The van der Waals surface area contributed by atoms with Crippen molar-refractivity contribution in [1.82, 2.24) is 4.90 Å². The van der Waals surface area contributed by atoms with E-state index in [2.05, 4.69) is 0 Å². The Morgan fingerprint density at radius 2 is 1.79 bits per heavy atom. The van der Waals surface area contributed by atoms with E-state index in [1.54, 1.807) is 24.3 Å². The zero-order chi connectivity index (χ0) is 21.1. The second-order valence-electron chi connectivity index (χ2n) is 5.92. The van der Waals surface area contributed by atoms with E-state index in [1.807, 2.05) is 0 Å². The smallest absolute Gasteiger partial charge is 0.311 e. The molecule has 0 spiro atoms. The molecule has 1 saturated heterocycles. The molecule has 29 heavy (non-hydrogen) atoms. The Kier molecular flexibility index (Phi) is 6.09. The lowest BCUT2D eigenvalue weighted by molar-refractivity contribution is -0.385. The molecule has 0 bridgehead atoms. The van der Waals surface area contributed by atoms with Crippen molar-refractivity contribution in [2.24, 2.45) is 0 Å². The number of carbonyl (C=O) groups is 2. The molecule has 0 aromatic heterocycles. The molecule has 10 heteroatoms. The number of imide groups is 1. The first-order chi connectivity index (χ1) is 13.8. The number of thioether (sulfide) groups is 1. The molecule has 8 nitrogen and oxygen atoms in total. The number of nitro groups is 1. The van der Waals surface area contributed by atoms with E-state index in [0.29, 0.717) is 5.02 Å². The Labute approximate surface area is 175 Å². The predicted octanol–water partition coefficient (Wildman–Crippen LogP) is 4.50. The van der Waals surface area contributed by atoms with Crippen LogP contribution in [0.25, 0.3) is 6.08 Å². The summed E-state index contributed by atoms with van der Waals surface area (Å²) in [5, 5.41) is 11.4. The van der Waals surface area contributed by atoms with Gasteiger partial charge in [-0.2, -0.15) is 0 Å². The molecule has 0 aliphatic carbocycles. The molecule has 2 amide bonds. The summed E-state index contributed by atoms with van der Waals surface area (Å²) in [6, 6.07) is 9.41. The third-order valence-electron chi connectivity index (χ3n) is 4.14. The lowest BCUT2D eigenvalue weighted by Crippen LogP contribution is -2.27. The normalized spacial score (nSPS) is 15.1. The van der Waals surface area contributed by atoms with Gasteiger partial charge in [-0.25, -0.2) is 0 Å². The highest BCUT2D eigenvalue weighted by atomic mass is 35.5. The molecule has 150 valence electrons. The van der Waals surface area contributed by atoms with Gasteiger partial charge in [-0.05, 0) is 35.5 Å². The van der Waals surface area contributed by atoms with Crippen LogP contribution in [0.4, 0.5) is 10.5 Å². The van der Waals surface area contributed by atoms with Crippen molar-refractivity contribution in [3.05, 3.63) is 67.6 Å². The number of ether oxygens (including phenoxy) is 2. The van der Waals surface area contributed by atoms with Crippen LogP contribution >= 0.6 is 23.4 Å². The van der Waals surface area contributed by atoms with Gasteiger partial charge >= 0.3 is 5.69 Å². The molecule has 3 rings (SSSR count). The Bertz CT molecular complexity index is 1020. The van der Waals surface area contributed by atoms with Crippen molar-refractivity contribution < 1.29 is 24.0 Å². The SMILES string of the molecule is COc1cc(OC)c([N+](=O)[O-])cc1/C=C1/SC(=O)N(Cc2ccc(Cl)cc2)C1=O. The van der Waals surface area contributed by atoms with E-state index < -0.39 is 16.1 Å². The van der Waals surface area contributed by atoms with Crippen LogP contribution in [0.3, 0.4) is 0 Å². The monoisotopic (exact) mass is 434 g/mol. The minimum Gasteiger partial charge on any atom is -0.496 e. The number of benzene rings is 2. The van der Waals surface area contributed by atoms with E-state index >= 15 is 0 Å². The lowest BCUT2D eigenvalue weighted by Gasteiger charge is -2.12. The van der Waals surface area contributed by atoms with E-state index in [4.69, 9.17) is 21.1 Å². The first kappa shape index (κ1) is 20.7. The summed E-state index contributed by atoms with van der Waals surface area (Å²) in [7, 11) is 2.70. The number of rotatable bonds is 6. The van der Waals surface area contributed by atoms with Crippen LogP contribution in [-0.2, 0) is 11.3 Å².